The summed E-state index contributed by atoms with van der Waals surface area (Å²) in [5.74, 6) is -1.19. The van der Waals surface area contributed by atoms with Crippen LogP contribution in [-0.4, -0.2) is 28.9 Å². The molecule has 2 N–H and O–H groups in total. The van der Waals surface area contributed by atoms with Crippen molar-refractivity contribution in [2.24, 2.45) is 0 Å². The maximum absolute atomic E-state index is 13.5. The highest BCUT2D eigenvalue weighted by Gasteiger charge is 2.48. The summed E-state index contributed by atoms with van der Waals surface area (Å²) in [5.41, 5.74) is 3.44. The number of halogens is 1. The molecule has 1 amide bonds. The number of rotatable bonds is 5. The molecule has 0 bridgehead atoms. The molecule has 1 aliphatic heterocycles. The molecule has 1 aliphatic rings. The molecule has 0 spiro atoms. The van der Waals surface area contributed by atoms with Gasteiger partial charge in [0.1, 0.15) is 11.5 Å². The largest absolute Gasteiger partial charge is 0.507 e. The highest BCUT2D eigenvalue weighted by molar-refractivity contribution is 6.52. The predicted octanol–water partition coefficient (Wildman–Crippen LogP) is 6.58. The van der Waals surface area contributed by atoms with E-state index >= 15 is 0 Å². The van der Waals surface area contributed by atoms with Crippen LogP contribution in [0.2, 0.25) is 5.02 Å². The Hall–Kier alpha value is -4.03. The molecule has 1 aromatic heterocycles. The fraction of sp³-hybridized carbons (Fsp3) is 0.172. The summed E-state index contributed by atoms with van der Waals surface area (Å²) in [4.78, 5) is 31.7. The van der Waals surface area contributed by atoms with Gasteiger partial charge in [0, 0.05) is 33.4 Å². The lowest BCUT2D eigenvalue weighted by Crippen LogP contribution is -2.29. The number of aromatic nitrogens is 1. The number of fused-ring (bicyclic) bond motifs is 1. The summed E-state index contributed by atoms with van der Waals surface area (Å²) in [6.45, 7) is 4.18. The number of hydrogen-bond acceptors (Lipinski definition) is 4. The van der Waals surface area contributed by atoms with Crippen molar-refractivity contribution in [1.29, 1.82) is 0 Å². The summed E-state index contributed by atoms with van der Waals surface area (Å²) in [7, 11) is 1.46. The van der Waals surface area contributed by atoms with E-state index in [1.165, 1.54) is 18.1 Å². The van der Waals surface area contributed by atoms with Gasteiger partial charge >= 0.3 is 0 Å². The first-order chi connectivity index (χ1) is 17.3. The van der Waals surface area contributed by atoms with Gasteiger partial charge in [0.2, 0.25) is 0 Å². The normalized spacial score (nSPS) is 17.4. The molecule has 1 atom stereocenters. The van der Waals surface area contributed by atoms with Gasteiger partial charge in [-0.25, -0.2) is 0 Å². The van der Waals surface area contributed by atoms with Crippen LogP contribution in [0.1, 0.15) is 42.5 Å². The first kappa shape index (κ1) is 23.7. The molecule has 36 heavy (non-hydrogen) atoms. The van der Waals surface area contributed by atoms with Gasteiger partial charge in [-0.05, 0) is 47.9 Å². The Bertz CT molecular complexity index is 1520. The number of Topliss-reactive ketones (excluding diaryl/α,β-unsaturated/α-hetero) is 1. The highest BCUT2D eigenvalue weighted by Crippen LogP contribution is 2.45. The van der Waals surface area contributed by atoms with E-state index in [9.17, 15) is 14.7 Å². The second-order valence-electron chi connectivity index (χ2n) is 9.05. The number of hydrogen-bond donors (Lipinski definition) is 2. The Balaban J connectivity index is 1.77. The number of ether oxygens (including phenoxy) is 1. The van der Waals surface area contributed by atoms with Crippen molar-refractivity contribution >= 4 is 45.6 Å². The van der Waals surface area contributed by atoms with E-state index in [4.69, 9.17) is 16.3 Å². The molecule has 4 aromatic rings. The van der Waals surface area contributed by atoms with E-state index < -0.39 is 17.7 Å². The average molecular weight is 501 g/mol. The first-order valence-electron chi connectivity index (χ1n) is 11.6. The third kappa shape index (κ3) is 3.84. The van der Waals surface area contributed by atoms with Crippen molar-refractivity contribution in [3.05, 3.63) is 100 Å². The number of ketones is 1. The SMILES string of the molecule is COc1ccc(Cl)cc1/C(O)=C1\C(=O)C(=O)N(c2ccc(C(C)C)cc2)C1c1c[nH]c2ccccc12. The smallest absolute Gasteiger partial charge is 0.300 e. The van der Waals surface area contributed by atoms with Crippen LogP contribution in [0, 0.1) is 0 Å². The van der Waals surface area contributed by atoms with Gasteiger partial charge in [0.25, 0.3) is 11.7 Å². The zero-order valence-electron chi connectivity index (χ0n) is 20.1. The highest BCUT2D eigenvalue weighted by atomic mass is 35.5. The third-order valence-electron chi connectivity index (χ3n) is 6.61. The number of aromatic amines is 1. The zero-order valence-corrected chi connectivity index (χ0v) is 20.8. The van der Waals surface area contributed by atoms with Gasteiger partial charge in [-0.15, -0.1) is 0 Å². The number of nitrogens with one attached hydrogen (secondary N) is 1. The number of nitrogens with zero attached hydrogens (tertiary/aromatic N) is 1. The number of aliphatic hydroxyl groups is 1. The molecule has 1 unspecified atom stereocenters. The lowest BCUT2D eigenvalue weighted by molar-refractivity contribution is -0.132. The Morgan fingerprint density at radius 2 is 1.78 bits per heavy atom. The number of H-pyrrole nitrogens is 1. The zero-order chi connectivity index (χ0) is 25.6. The third-order valence-corrected chi connectivity index (χ3v) is 6.85. The van der Waals surface area contributed by atoms with Gasteiger partial charge in [-0.3, -0.25) is 14.5 Å². The van der Waals surface area contributed by atoms with Crippen molar-refractivity contribution < 1.29 is 19.4 Å². The summed E-state index contributed by atoms with van der Waals surface area (Å²) in [6.07, 6.45) is 1.78. The van der Waals surface area contributed by atoms with Crippen molar-refractivity contribution in [1.82, 2.24) is 4.98 Å². The molecule has 3 aromatic carbocycles. The number of amides is 1. The second kappa shape index (κ2) is 9.21. The fourth-order valence-electron chi connectivity index (χ4n) is 4.74. The molecular weight excluding hydrogens is 476 g/mol. The fourth-order valence-corrected chi connectivity index (χ4v) is 4.92. The first-order valence-corrected chi connectivity index (χ1v) is 12.0. The topological polar surface area (TPSA) is 82.6 Å². The van der Waals surface area contributed by atoms with Crippen LogP contribution >= 0.6 is 11.6 Å². The molecule has 6 nitrogen and oxygen atoms in total. The molecule has 1 fully saturated rings. The minimum Gasteiger partial charge on any atom is -0.507 e. The Labute approximate surface area is 213 Å². The number of anilines is 1. The second-order valence-corrected chi connectivity index (χ2v) is 9.49. The van der Waals surface area contributed by atoms with E-state index in [1.54, 1.807) is 18.3 Å². The summed E-state index contributed by atoms with van der Waals surface area (Å²) >= 11 is 6.21. The Kier molecular flexibility index (Phi) is 6.06. The summed E-state index contributed by atoms with van der Waals surface area (Å²) in [6, 6.07) is 19.1. The van der Waals surface area contributed by atoms with Crippen LogP contribution in [0.25, 0.3) is 16.7 Å². The van der Waals surface area contributed by atoms with Crippen LogP contribution in [0.3, 0.4) is 0 Å². The van der Waals surface area contributed by atoms with E-state index in [0.29, 0.717) is 27.9 Å². The molecule has 7 heteroatoms. The Morgan fingerprint density at radius 1 is 1.06 bits per heavy atom. The average Bonchev–Trinajstić information content (AvgIpc) is 3.42. The van der Waals surface area contributed by atoms with Crippen LogP contribution < -0.4 is 9.64 Å². The van der Waals surface area contributed by atoms with Crippen molar-refractivity contribution in [3.8, 4) is 5.75 Å². The Morgan fingerprint density at radius 3 is 2.47 bits per heavy atom. The molecule has 5 rings (SSSR count). The lowest BCUT2D eigenvalue weighted by Gasteiger charge is -2.25. The maximum atomic E-state index is 13.5. The van der Waals surface area contributed by atoms with Gasteiger partial charge in [0.15, 0.2) is 0 Å². The van der Waals surface area contributed by atoms with Crippen molar-refractivity contribution in [2.45, 2.75) is 25.8 Å². The molecule has 0 aliphatic carbocycles. The summed E-state index contributed by atoms with van der Waals surface area (Å²) < 4.78 is 5.42. The molecule has 0 saturated carbocycles. The molecular formula is C29H25ClN2O4. The van der Waals surface area contributed by atoms with E-state index in [0.717, 1.165) is 16.5 Å². The van der Waals surface area contributed by atoms with Crippen molar-refractivity contribution in [2.75, 3.05) is 12.0 Å². The van der Waals surface area contributed by atoms with Gasteiger partial charge in [0.05, 0.1) is 24.3 Å². The monoisotopic (exact) mass is 500 g/mol. The van der Waals surface area contributed by atoms with Crippen LogP contribution in [0.15, 0.2) is 78.5 Å². The minimum atomic E-state index is -0.866. The molecule has 0 radical (unpaired) electrons. The molecule has 1 saturated heterocycles. The van der Waals surface area contributed by atoms with E-state index in [2.05, 4.69) is 18.8 Å². The molecule has 182 valence electrons. The molecule has 2 heterocycles. The minimum absolute atomic E-state index is 0.0294. The number of benzene rings is 3. The van der Waals surface area contributed by atoms with Gasteiger partial charge in [-0.2, -0.15) is 0 Å². The lowest BCUT2D eigenvalue weighted by atomic mass is 9.94. The van der Waals surface area contributed by atoms with Gasteiger partial charge < -0.3 is 14.8 Å². The quantitative estimate of drug-likeness (QED) is 0.184. The summed E-state index contributed by atoms with van der Waals surface area (Å²) in [5, 5.41) is 12.7. The number of methoxy groups -OCH3 is 1. The van der Waals surface area contributed by atoms with Crippen LogP contribution in [-0.2, 0) is 9.59 Å². The predicted molar refractivity (Wildman–Crippen MR) is 142 cm³/mol. The van der Waals surface area contributed by atoms with E-state index in [1.807, 2.05) is 48.5 Å². The van der Waals surface area contributed by atoms with Crippen molar-refractivity contribution in [3.63, 3.8) is 0 Å². The van der Waals surface area contributed by atoms with Gasteiger partial charge in [-0.1, -0.05) is 55.8 Å². The van der Waals surface area contributed by atoms with Crippen LogP contribution in [0.5, 0.6) is 5.75 Å². The number of aliphatic hydroxyl groups excluding tert-OH is 1. The number of carbonyl (C=O) groups excluding carboxylic acids is 2. The van der Waals surface area contributed by atoms with Crippen LogP contribution in [0.4, 0.5) is 5.69 Å². The van der Waals surface area contributed by atoms with E-state index in [-0.39, 0.29) is 16.9 Å². The standard InChI is InChI=1S/C29H25ClN2O4/c1-16(2)17-8-11-19(12-9-17)32-26(22-15-31-23-7-5-4-6-20(22)23)25(28(34)29(32)35)27(33)21-14-18(30)10-13-24(21)36-3/h4-16,26,31,33H,1-3H3/b27-25+. The number of carbonyl (C=O) groups is 2. The number of para-hydroxylation sites is 1. The maximum Gasteiger partial charge on any atom is 0.300 e.